The van der Waals surface area contributed by atoms with Gasteiger partial charge in [-0.15, -0.1) is 0 Å². The number of methoxy groups -OCH3 is 1. The molecule has 0 aliphatic carbocycles. The van der Waals surface area contributed by atoms with Gasteiger partial charge < -0.3 is 14.6 Å². The van der Waals surface area contributed by atoms with Gasteiger partial charge in [-0.3, -0.25) is 0 Å². The van der Waals surface area contributed by atoms with E-state index < -0.39 is 0 Å². The van der Waals surface area contributed by atoms with E-state index in [1.807, 2.05) is 6.92 Å². The molecule has 0 aliphatic rings. The average molecular weight is 255 g/mol. The van der Waals surface area contributed by atoms with Crippen LogP contribution in [-0.4, -0.2) is 29.9 Å². The molecule has 0 aliphatic heterocycles. The normalized spacial score (nSPS) is 15.7. The first-order valence-corrected chi connectivity index (χ1v) is 6.43. The van der Waals surface area contributed by atoms with Gasteiger partial charge in [0.25, 0.3) is 0 Å². The molecule has 5 heteroatoms. The molecule has 1 rings (SSSR count). The van der Waals surface area contributed by atoms with Gasteiger partial charge in [0.05, 0.1) is 6.04 Å². The Kier molecular flexibility index (Phi) is 5.28. The molecular weight excluding hydrogens is 230 g/mol. The van der Waals surface area contributed by atoms with Gasteiger partial charge in [-0.25, -0.2) is 0 Å². The zero-order chi connectivity index (χ0) is 13.8. The van der Waals surface area contributed by atoms with E-state index in [2.05, 4.69) is 43.2 Å². The number of aromatic nitrogens is 2. The fourth-order valence-corrected chi connectivity index (χ4v) is 1.59. The highest BCUT2D eigenvalue weighted by Crippen LogP contribution is 2.20. The minimum Gasteiger partial charge on any atom is -0.385 e. The second kappa shape index (κ2) is 6.29. The SMILES string of the molecule is COCCC(C)NC(C)c1nc(C(C)(C)C)no1. The van der Waals surface area contributed by atoms with Crippen molar-refractivity contribution in [2.24, 2.45) is 0 Å². The third-order valence-corrected chi connectivity index (χ3v) is 2.77. The number of ether oxygens (including phenoxy) is 1. The van der Waals surface area contributed by atoms with Crippen LogP contribution in [0.4, 0.5) is 0 Å². The highest BCUT2D eigenvalue weighted by atomic mass is 16.5. The molecule has 104 valence electrons. The molecule has 0 saturated carbocycles. The Balaban J connectivity index is 2.56. The van der Waals surface area contributed by atoms with E-state index in [-0.39, 0.29) is 11.5 Å². The maximum atomic E-state index is 5.30. The Morgan fingerprint density at radius 2 is 2.00 bits per heavy atom. The molecule has 1 N–H and O–H groups in total. The summed E-state index contributed by atoms with van der Waals surface area (Å²) in [6, 6.07) is 0.408. The molecule has 1 aromatic heterocycles. The van der Waals surface area contributed by atoms with Gasteiger partial charge in [0.15, 0.2) is 5.82 Å². The van der Waals surface area contributed by atoms with Crippen LogP contribution in [0.15, 0.2) is 4.52 Å². The lowest BCUT2D eigenvalue weighted by molar-refractivity contribution is 0.181. The Labute approximate surface area is 109 Å². The van der Waals surface area contributed by atoms with Crippen LogP contribution in [0.2, 0.25) is 0 Å². The summed E-state index contributed by atoms with van der Waals surface area (Å²) >= 11 is 0. The van der Waals surface area contributed by atoms with Crippen molar-refractivity contribution in [3.63, 3.8) is 0 Å². The predicted molar refractivity (Wildman–Crippen MR) is 70.5 cm³/mol. The lowest BCUT2D eigenvalue weighted by atomic mass is 9.96. The summed E-state index contributed by atoms with van der Waals surface area (Å²) in [5, 5.41) is 7.45. The molecule has 0 fully saturated rings. The van der Waals surface area contributed by atoms with E-state index in [1.165, 1.54) is 0 Å². The fourth-order valence-electron chi connectivity index (χ4n) is 1.59. The van der Waals surface area contributed by atoms with E-state index in [0.717, 1.165) is 18.9 Å². The molecule has 0 radical (unpaired) electrons. The van der Waals surface area contributed by atoms with Crippen LogP contribution in [0, 0.1) is 0 Å². The summed E-state index contributed by atoms with van der Waals surface area (Å²) in [7, 11) is 1.71. The van der Waals surface area contributed by atoms with Gasteiger partial charge in [-0.2, -0.15) is 4.98 Å². The Morgan fingerprint density at radius 3 is 2.50 bits per heavy atom. The minimum absolute atomic E-state index is 0.0560. The van der Waals surface area contributed by atoms with Crippen LogP contribution in [0.3, 0.4) is 0 Å². The molecule has 2 atom stereocenters. The van der Waals surface area contributed by atoms with E-state index >= 15 is 0 Å². The van der Waals surface area contributed by atoms with Crippen molar-refractivity contribution < 1.29 is 9.26 Å². The van der Waals surface area contributed by atoms with Gasteiger partial charge in [0.2, 0.25) is 5.89 Å². The molecule has 1 heterocycles. The molecule has 18 heavy (non-hydrogen) atoms. The summed E-state index contributed by atoms with van der Waals surface area (Å²) in [5.41, 5.74) is -0.0802. The molecular formula is C13H25N3O2. The second-order valence-corrected chi connectivity index (χ2v) is 5.78. The van der Waals surface area contributed by atoms with Crippen LogP contribution < -0.4 is 5.32 Å². The van der Waals surface area contributed by atoms with Crippen LogP contribution in [0.25, 0.3) is 0 Å². The standard InChI is InChI=1S/C13H25N3O2/c1-9(7-8-17-6)14-10(2)11-15-12(16-18-11)13(3,4)5/h9-10,14H,7-8H2,1-6H3. The molecule has 5 nitrogen and oxygen atoms in total. The second-order valence-electron chi connectivity index (χ2n) is 5.78. The van der Waals surface area contributed by atoms with Crippen LogP contribution in [-0.2, 0) is 10.2 Å². The minimum atomic E-state index is -0.0802. The zero-order valence-corrected chi connectivity index (χ0v) is 12.3. The lowest BCUT2D eigenvalue weighted by Crippen LogP contribution is -2.30. The molecule has 0 spiro atoms. The number of hydrogen-bond acceptors (Lipinski definition) is 5. The summed E-state index contributed by atoms with van der Waals surface area (Å²) in [6.07, 6.45) is 0.959. The summed E-state index contributed by atoms with van der Waals surface area (Å²) in [6.45, 7) is 11.1. The van der Waals surface area contributed by atoms with Crippen LogP contribution in [0.1, 0.15) is 58.8 Å². The topological polar surface area (TPSA) is 60.2 Å². The third-order valence-electron chi connectivity index (χ3n) is 2.77. The molecule has 0 saturated heterocycles. The molecule has 1 aromatic rings. The van der Waals surface area contributed by atoms with Crippen molar-refractivity contribution in [3.8, 4) is 0 Å². The van der Waals surface area contributed by atoms with Crippen LogP contribution >= 0.6 is 0 Å². The van der Waals surface area contributed by atoms with Gasteiger partial charge in [-0.05, 0) is 20.3 Å². The zero-order valence-electron chi connectivity index (χ0n) is 12.3. The van der Waals surface area contributed by atoms with Crippen molar-refractivity contribution in [1.82, 2.24) is 15.5 Å². The largest absolute Gasteiger partial charge is 0.385 e. The highest BCUT2D eigenvalue weighted by molar-refractivity contribution is 5.01. The Morgan fingerprint density at radius 1 is 1.33 bits per heavy atom. The number of nitrogens with zero attached hydrogens (tertiary/aromatic N) is 2. The van der Waals surface area contributed by atoms with Crippen molar-refractivity contribution >= 4 is 0 Å². The van der Waals surface area contributed by atoms with E-state index in [0.29, 0.717) is 11.9 Å². The van der Waals surface area contributed by atoms with Gasteiger partial charge in [0, 0.05) is 25.2 Å². The maximum absolute atomic E-state index is 5.30. The molecule has 0 bridgehead atoms. The molecule has 0 amide bonds. The number of nitrogens with one attached hydrogen (secondary N) is 1. The van der Waals surface area contributed by atoms with E-state index in [9.17, 15) is 0 Å². The van der Waals surface area contributed by atoms with Gasteiger partial charge in [0.1, 0.15) is 0 Å². The van der Waals surface area contributed by atoms with E-state index in [1.54, 1.807) is 7.11 Å². The molecule has 2 unspecified atom stereocenters. The van der Waals surface area contributed by atoms with Crippen molar-refractivity contribution in [2.75, 3.05) is 13.7 Å². The van der Waals surface area contributed by atoms with E-state index in [4.69, 9.17) is 9.26 Å². The first-order valence-electron chi connectivity index (χ1n) is 6.43. The quantitative estimate of drug-likeness (QED) is 0.846. The Bertz CT molecular complexity index is 357. The van der Waals surface area contributed by atoms with Crippen molar-refractivity contribution in [2.45, 2.75) is 58.5 Å². The third kappa shape index (κ3) is 4.38. The monoisotopic (exact) mass is 255 g/mol. The first-order chi connectivity index (χ1) is 8.34. The smallest absolute Gasteiger partial charge is 0.243 e. The fraction of sp³-hybridized carbons (Fsp3) is 0.846. The molecule has 0 aromatic carbocycles. The number of rotatable bonds is 6. The average Bonchev–Trinajstić information content (AvgIpc) is 2.75. The van der Waals surface area contributed by atoms with Gasteiger partial charge >= 0.3 is 0 Å². The lowest BCUT2D eigenvalue weighted by Gasteiger charge is -2.17. The first kappa shape index (κ1) is 15.1. The highest BCUT2D eigenvalue weighted by Gasteiger charge is 2.23. The van der Waals surface area contributed by atoms with Crippen molar-refractivity contribution in [1.29, 1.82) is 0 Å². The summed E-state index contributed by atoms with van der Waals surface area (Å²) in [4.78, 5) is 4.44. The van der Waals surface area contributed by atoms with Gasteiger partial charge in [-0.1, -0.05) is 25.9 Å². The number of hydrogen-bond donors (Lipinski definition) is 1. The van der Waals surface area contributed by atoms with Crippen LogP contribution in [0.5, 0.6) is 0 Å². The Hall–Kier alpha value is -0.940. The maximum Gasteiger partial charge on any atom is 0.243 e. The van der Waals surface area contributed by atoms with Crippen molar-refractivity contribution in [3.05, 3.63) is 11.7 Å². The summed E-state index contributed by atoms with van der Waals surface area (Å²) in [5.74, 6) is 1.39. The summed E-state index contributed by atoms with van der Waals surface area (Å²) < 4.78 is 10.4. The predicted octanol–water partition coefficient (Wildman–Crippen LogP) is 2.44.